The van der Waals surface area contributed by atoms with E-state index < -0.39 is 6.23 Å². The van der Waals surface area contributed by atoms with Crippen molar-refractivity contribution in [3.8, 4) is 0 Å². The van der Waals surface area contributed by atoms with Crippen LogP contribution in [0.4, 0.5) is 0 Å². The van der Waals surface area contributed by atoms with Gasteiger partial charge in [0.1, 0.15) is 12.1 Å². The number of aliphatic hydroxyl groups excluding tert-OH is 1. The number of imidazole rings is 1. The predicted molar refractivity (Wildman–Crippen MR) is 148 cm³/mol. The second kappa shape index (κ2) is 12.5. The average molecular weight is 508 g/mol. The van der Waals surface area contributed by atoms with Crippen LogP contribution >= 0.6 is 0 Å². The maximum atomic E-state index is 13.5. The number of fused-ring (bicyclic) bond motifs is 1. The summed E-state index contributed by atoms with van der Waals surface area (Å²) in [6, 6.07) is 10.3. The van der Waals surface area contributed by atoms with Crippen LogP contribution in [0.25, 0.3) is 11.2 Å². The first-order chi connectivity index (χ1) is 18.0. The molecule has 2 atom stereocenters. The Hall–Kier alpha value is -2.97. The quantitative estimate of drug-likeness (QED) is 0.282. The Balaban J connectivity index is 1.45. The first kappa shape index (κ1) is 27.1. The minimum atomic E-state index is -0.452. The molecule has 0 bridgehead atoms. The van der Waals surface area contributed by atoms with E-state index in [2.05, 4.69) is 35.5 Å². The Morgan fingerprint density at radius 2 is 1.73 bits per heavy atom. The van der Waals surface area contributed by atoms with Gasteiger partial charge in [-0.3, -0.25) is 18.8 Å². The van der Waals surface area contributed by atoms with Crippen molar-refractivity contribution in [1.82, 2.24) is 23.6 Å². The number of allylic oxidation sites excluding steroid dienone is 1. The maximum Gasteiger partial charge on any atom is 0.332 e. The van der Waals surface area contributed by atoms with E-state index in [1.165, 1.54) is 10.1 Å². The molecule has 3 aromatic rings. The number of hydrogen-bond acceptors (Lipinski definition) is 5. The summed E-state index contributed by atoms with van der Waals surface area (Å²) < 4.78 is 4.91. The molecule has 1 fully saturated rings. The molecule has 8 heteroatoms. The third-order valence-electron chi connectivity index (χ3n) is 7.60. The predicted octanol–water partition coefficient (Wildman–Crippen LogP) is 3.71. The smallest absolute Gasteiger partial charge is 0.332 e. The third kappa shape index (κ3) is 5.96. The molecule has 0 spiro atoms. The monoisotopic (exact) mass is 507 g/mol. The van der Waals surface area contributed by atoms with E-state index in [9.17, 15) is 14.7 Å². The molecule has 3 heterocycles. The van der Waals surface area contributed by atoms with Crippen LogP contribution in [-0.4, -0.2) is 48.0 Å². The number of benzene rings is 1. The molecule has 1 aromatic carbocycles. The number of aliphatic hydroxyl groups is 1. The van der Waals surface area contributed by atoms with Gasteiger partial charge in [0.15, 0.2) is 11.2 Å². The van der Waals surface area contributed by atoms with Gasteiger partial charge in [-0.1, -0.05) is 56.2 Å². The highest BCUT2D eigenvalue weighted by atomic mass is 16.3. The number of nitrogens with zero attached hydrogens (tertiary/aromatic N) is 5. The number of unbranched alkanes of at least 4 members (excludes halogenated alkanes) is 3. The van der Waals surface area contributed by atoms with Gasteiger partial charge in [0.25, 0.3) is 5.56 Å². The first-order valence-corrected chi connectivity index (χ1v) is 13.7. The third-order valence-corrected chi connectivity index (χ3v) is 7.60. The van der Waals surface area contributed by atoms with Crippen molar-refractivity contribution in [2.45, 2.75) is 84.7 Å². The zero-order chi connectivity index (χ0) is 26.4. The van der Waals surface area contributed by atoms with Crippen LogP contribution in [0.1, 0.15) is 56.8 Å². The number of aromatic nitrogens is 4. The Morgan fingerprint density at radius 1 is 1.03 bits per heavy atom. The van der Waals surface area contributed by atoms with Gasteiger partial charge in [0, 0.05) is 38.6 Å². The topological polar surface area (TPSA) is 85.3 Å². The van der Waals surface area contributed by atoms with E-state index in [0.717, 1.165) is 51.6 Å². The van der Waals surface area contributed by atoms with Crippen molar-refractivity contribution >= 4 is 11.2 Å². The second-order valence-corrected chi connectivity index (χ2v) is 10.2. The Bertz CT molecular complexity index is 1310. The molecule has 2 aromatic heterocycles. The van der Waals surface area contributed by atoms with Crippen molar-refractivity contribution in [2.75, 3.05) is 13.1 Å². The van der Waals surface area contributed by atoms with Gasteiger partial charge < -0.3 is 9.67 Å². The van der Waals surface area contributed by atoms with E-state index >= 15 is 0 Å². The molecule has 0 saturated carbocycles. The van der Waals surface area contributed by atoms with Gasteiger partial charge in [0.05, 0.1) is 0 Å². The normalized spacial score (nSPS) is 18.1. The van der Waals surface area contributed by atoms with E-state index in [1.807, 2.05) is 29.7 Å². The van der Waals surface area contributed by atoms with Crippen LogP contribution in [0.5, 0.6) is 0 Å². The van der Waals surface area contributed by atoms with Crippen molar-refractivity contribution < 1.29 is 5.11 Å². The summed E-state index contributed by atoms with van der Waals surface area (Å²) >= 11 is 0. The highest BCUT2D eigenvalue weighted by molar-refractivity contribution is 5.71. The molecule has 0 amide bonds. The largest absolute Gasteiger partial charge is 0.378 e. The second-order valence-electron chi connectivity index (χ2n) is 10.2. The van der Waals surface area contributed by atoms with E-state index in [0.29, 0.717) is 43.0 Å². The standard InChI is InChI=1S/C29H41N5O3/c1-4-6-10-18-33-26-25(32(16-5-2)22(3)30-26)28(36)34(29(33)37)19-12-11-17-31-20-15-24(27(31)35)21-23-13-8-7-9-14-23/h5,7-9,13-14,24,27,35H,2,4,6,10-12,15-21H2,1,3H3. The number of hydrogen-bond donors (Lipinski definition) is 1. The van der Waals surface area contributed by atoms with Gasteiger partial charge in [0.2, 0.25) is 0 Å². The van der Waals surface area contributed by atoms with Gasteiger partial charge in [-0.2, -0.15) is 0 Å². The molecule has 8 nitrogen and oxygen atoms in total. The fourth-order valence-electron chi connectivity index (χ4n) is 5.53. The van der Waals surface area contributed by atoms with Crippen molar-refractivity contribution in [3.63, 3.8) is 0 Å². The van der Waals surface area contributed by atoms with Crippen LogP contribution in [0.2, 0.25) is 0 Å². The fourth-order valence-corrected chi connectivity index (χ4v) is 5.53. The zero-order valence-corrected chi connectivity index (χ0v) is 22.3. The van der Waals surface area contributed by atoms with Crippen LogP contribution in [0.15, 0.2) is 52.6 Å². The van der Waals surface area contributed by atoms with Gasteiger partial charge in [-0.25, -0.2) is 9.78 Å². The SMILES string of the molecule is C=CCn1c(C)nc2c1c(=O)n(CCCCN1CCC(Cc3ccccc3)C1O)c(=O)n2CCCCC. The number of likely N-dealkylation sites (tertiary alicyclic amines) is 1. The molecule has 200 valence electrons. The lowest BCUT2D eigenvalue weighted by Gasteiger charge is -2.23. The van der Waals surface area contributed by atoms with Crippen molar-refractivity contribution in [1.29, 1.82) is 0 Å². The molecular weight excluding hydrogens is 466 g/mol. The van der Waals surface area contributed by atoms with Crippen LogP contribution in [0.3, 0.4) is 0 Å². The summed E-state index contributed by atoms with van der Waals surface area (Å²) in [5.74, 6) is 0.942. The molecule has 1 aliphatic rings. The zero-order valence-electron chi connectivity index (χ0n) is 22.3. The first-order valence-electron chi connectivity index (χ1n) is 13.7. The summed E-state index contributed by atoms with van der Waals surface area (Å²) in [5.41, 5.74) is 1.65. The van der Waals surface area contributed by atoms with Crippen molar-refractivity contribution in [3.05, 3.63) is 75.2 Å². The highest BCUT2D eigenvalue weighted by Gasteiger charge is 2.32. The molecule has 1 aliphatic heterocycles. The molecule has 2 unspecified atom stereocenters. The fraction of sp³-hybridized carbons (Fsp3) is 0.552. The Morgan fingerprint density at radius 3 is 2.46 bits per heavy atom. The van der Waals surface area contributed by atoms with Crippen molar-refractivity contribution in [2.24, 2.45) is 5.92 Å². The average Bonchev–Trinajstić information content (AvgIpc) is 3.40. The maximum absolute atomic E-state index is 13.5. The molecule has 0 radical (unpaired) electrons. The lowest BCUT2D eigenvalue weighted by molar-refractivity contribution is 0.00696. The molecule has 4 rings (SSSR count). The molecule has 1 N–H and O–H groups in total. The summed E-state index contributed by atoms with van der Waals surface area (Å²) in [5, 5.41) is 10.9. The van der Waals surface area contributed by atoms with E-state index in [1.54, 1.807) is 10.6 Å². The van der Waals surface area contributed by atoms with Crippen LogP contribution < -0.4 is 11.2 Å². The van der Waals surface area contributed by atoms with Gasteiger partial charge >= 0.3 is 5.69 Å². The summed E-state index contributed by atoms with van der Waals surface area (Å²) in [6.45, 7) is 10.8. The molecule has 1 saturated heterocycles. The number of rotatable bonds is 13. The summed E-state index contributed by atoms with van der Waals surface area (Å²) in [6.07, 6.45) is 7.58. The van der Waals surface area contributed by atoms with Gasteiger partial charge in [-0.05, 0) is 44.6 Å². The lowest BCUT2D eigenvalue weighted by atomic mass is 9.97. The van der Waals surface area contributed by atoms with E-state index in [-0.39, 0.29) is 17.2 Å². The van der Waals surface area contributed by atoms with E-state index in [4.69, 9.17) is 0 Å². The highest BCUT2D eigenvalue weighted by Crippen LogP contribution is 2.26. The Kier molecular flexibility index (Phi) is 9.16. The van der Waals surface area contributed by atoms with Crippen LogP contribution in [0, 0.1) is 12.8 Å². The summed E-state index contributed by atoms with van der Waals surface area (Å²) in [7, 11) is 0. The Labute approximate surface area is 218 Å². The van der Waals surface area contributed by atoms with Crippen LogP contribution in [-0.2, 0) is 26.1 Å². The summed E-state index contributed by atoms with van der Waals surface area (Å²) in [4.78, 5) is 33.6. The molecular formula is C29H41N5O3. The minimum absolute atomic E-state index is 0.233. The lowest BCUT2D eigenvalue weighted by Crippen LogP contribution is -2.41. The van der Waals surface area contributed by atoms with Gasteiger partial charge in [-0.15, -0.1) is 6.58 Å². The number of aryl methyl sites for hydroxylation is 2. The minimum Gasteiger partial charge on any atom is -0.378 e. The molecule has 37 heavy (non-hydrogen) atoms. The molecule has 0 aliphatic carbocycles.